The van der Waals surface area contributed by atoms with Crippen LogP contribution in [-0.4, -0.2) is 37.1 Å². The minimum absolute atomic E-state index is 0.0467. The number of carbonyl (C=O) groups excluding carboxylic acids is 1. The van der Waals surface area contributed by atoms with Gasteiger partial charge in [0.2, 0.25) is 5.88 Å². The second-order valence-corrected chi connectivity index (χ2v) is 6.98. The van der Waals surface area contributed by atoms with Crippen LogP contribution in [0.2, 0.25) is 0 Å². The highest BCUT2D eigenvalue weighted by molar-refractivity contribution is 9.10. The van der Waals surface area contributed by atoms with Crippen LogP contribution in [0.15, 0.2) is 22.8 Å². The molecule has 1 aromatic heterocycles. The number of benzene rings is 1. The Hall–Kier alpha value is -2.17. The van der Waals surface area contributed by atoms with Crippen molar-refractivity contribution in [3.63, 3.8) is 0 Å². The maximum Gasteiger partial charge on any atom is 0.221 e. The first-order valence-electron chi connectivity index (χ1n) is 8.42. The van der Waals surface area contributed by atoms with Crippen molar-refractivity contribution in [2.45, 2.75) is 38.8 Å². The van der Waals surface area contributed by atoms with Gasteiger partial charge in [-0.05, 0) is 55.4 Å². The minimum atomic E-state index is -0.0546. The van der Waals surface area contributed by atoms with Crippen LogP contribution in [-0.2, 0) is 4.79 Å². The van der Waals surface area contributed by atoms with E-state index in [1.54, 1.807) is 18.3 Å². The van der Waals surface area contributed by atoms with E-state index in [1.807, 2.05) is 20.9 Å². The van der Waals surface area contributed by atoms with Gasteiger partial charge in [0.15, 0.2) is 0 Å². The molecule has 2 aromatic rings. The van der Waals surface area contributed by atoms with Crippen LogP contribution in [0.3, 0.4) is 0 Å². The zero-order valence-electron chi connectivity index (χ0n) is 15.1. The van der Waals surface area contributed by atoms with Crippen molar-refractivity contribution in [2.75, 3.05) is 13.7 Å². The highest BCUT2D eigenvalue weighted by atomic mass is 79.9. The molecule has 1 heterocycles. The summed E-state index contributed by atoms with van der Waals surface area (Å²) >= 11 is 3.48. The summed E-state index contributed by atoms with van der Waals surface area (Å²) in [5.74, 6) is 0.971. The molecule has 1 N–H and O–H groups in total. The number of nitrogens with zero attached hydrogens (tertiary/aromatic N) is 2. The van der Waals surface area contributed by atoms with Gasteiger partial charge in [0, 0.05) is 33.9 Å². The SMILES string of the molecule is CN[C@@H](CCC=O)COc1ncc(Br)c2cc(C#N)c(OC(C)C)cc12. The average molecular weight is 420 g/mol. The molecule has 0 aliphatic rings. The lowest BCUT2D eigenvalue weighted by Crippen LogP contribution is -2.31. The van der Waals surface area contributed by atoms with Crippen LogP contribution < -0.4 is 14.8 Å². The first-order valence-corrected chi connectivity index (χ1v) is 9.22. The van der Waals surface area contributed by atoms with E-state index in [4.69, 9.17) is 9.47 Å². The zero-order chi connectivity index (χ0) is 19.1. The number of pyridine rings is 1. The van der Waals surface area contributed by atoms with Gasteiger partial charge in [0.25, 0.3) is 0 Å². The number of fused-ring (bicyclic) bond motifs is 1. The molecule has 0 fully saturated rings. The summed E-state index contributed by atoms with van der Waals surface area (Å²) in [4.78, 5) is 14.9. The fraction of sp³-hybridized carbons (Fsp3) is 0.421. The van der Waals surface area contributed by atoms with Crippen molar-refractivity contribution in [2.24, 2.45) is 0 Å². The Morgan fingerprint density at radius 1 is 1.38 bits per heavy atom. The van der Waals surface area contributed by atoms with E-state index in [-0.39, 0.29) is 12.1 Å². The molecule has 0 saturated carbocycles. The highest BCUT2D eigenvalue weighted by Gasteiger charge is 2.15. The second-order valence-electron chi connectivity index (χ2n) is 6.12. The third kappa shape index (κ3) is 4.93. The topological polar surface area (TPSA) is 84.2 Å². The number of nitrogens with one attached hydrogen (secondary N) is 1. The van der Waals surface area contributed by atoms with Crippen LogP contribution in [0.5, 0.6) is 11.6 Å². The molecule has 0 saturated heterocycles. The van der Waals surface area contributed by atoms with E-state index in [0.717, 1.165) is 21.5 Å². The first kappa shape index (κ1) is 20.1. The van der Waals surface area contributed by atoms with E-state index in [2.05, 4.69) is 32.3 Å². The predicted octanol–water partition coefficient (Wildman–Crippen LogP) is 3.60. The molecule has 0 bridgehead atoms. The van der Waals surface area contributed by atoms with Gasteiger partial charge in [0.1, 0.15) is 24.7 Å². The number of likely N-dealkylation sites (N-methyl/N-ethyl adjacent to an activating group) is 1. The maximum absolute atomic E-state index is 10.6. The van der Waals surface area contributed by atoms with Crippen molar-refractivity contribution in [3.05, 3.63) is 28.4 Å². The smallest absolute Gasteiger partial charge is 0.221 e. The molecule has 26 heavy (non-hydrogen) atoms. The molecule has 0 aliphatic carbocycles. The third-order valence-electron chi connectivity index (χ3n) is 3.85. The lowest BCUT2D eigenvalue weighted by Gasteiger charge is -2.17. The molecule has 0 spiro atoms. The van der Waals surface area contributed by atoms with Gasteiger partial charge in [-0.25, -0.2) is 4.98 Å². The molecular weight excluding hydrogens is 398 g/mol. The minimum Gasteiger partial charge on any atom is -0.490 e. The van der Waals surface area contributed by atoms with Gasteiger partial charge in [-0.2, -0.15) is 5.26 Å². The molecule has 138 valence electrons. The van der Waals surface area contributed by atoms with Crippen molar-refractivity contribution in [1.82, 2.24) is 10.3 Å². The Bertz CT molecular complexity index is 818. The Morgan fingerprint density at radius 2 is 2.15 bits per heavy atom. The number of carbonyl (C=O) groups is 1. The Morgan fingerprint density at radius 3 is 2.77 bits per heavy atom. The Balaban J connectivity index is 2.38. The number of rotatable bonds is 9. The lowest BCUT2D eigenvalue weighted by atomic mass is 10.1. The van der Waals surface area contributed by atoms with Crippen LogP contribution in [0.25, 0.3) is 10.8 Å². The van der Waals surface area contributed by atoms with Gasteiger partial charge in [-0.1, -0.05) is 0 Å². The molecule has 6 nitrogen and oxygen atoms in total. The fourth-order valence-electron chi connectivity index (χ4n) is 2.52. The molecule has 1 aromatic carbocycles. The third-order valence-corrected chi connectivity index (χ3v) is 4.48. The molecule has 0 aliphatic heterocycles. The number of hydrogen-bond acceptors (Lipinski definition) is 6. The molecule has 0 unspecified atom stereocenters. The van der Waals surface area contributed by atoms with Gasteiger partial charge < -0.3 is 19.6 Å². The number of hydrogen-bond donors (Lipinski definition) is 1. The molecule has 1 atom stereocenters. The maximum atomic E-state index is 10.6. The molecule has 0 radical (unpaired) electrons. The summed E-state index contributed by atoms with van der Waals surface area (Å²) in [6.45, 7) is 4.20. The number of aromatic nitrogens is 1. The van der Waals surface area contributed by atoms with Crippen molar-refractivity contribution < 1.29 is 14.3 Å². The second kappa shape index (κ2) is 9.51. The summed E-state index contributed by atoms with van der Waals surface area (Å²) in [7, 11) is 1.83. The standard InChI is InChI=1S/C19H22BrN3O3/c1-12(2)26-18-8-16-15(7-13(18)9-21)17(20)10-23-19(16)25-11-14(22-3)5-4-6-24/h6-8,10,12,14,22H,4-5,11H2,1-3H3/t14-/m0/s1. The Labute approximate surface area is 161 Å². The summed E-state index contributed by atoms with van der Waals surface area (Å²) in [6.07, 6.45) is 3.66. The van der Waals surface area contributed by atoms with Crippen molar-refractivity contribution in [1.29, 1.82) is 5.26 Å². The van der Waals surface area contributed by atoms with E-state index in [9.17, 15) is 10.1 Å². The lowest BCUT2D eigenvalue weighted by molar-refractivity contribution is -0.108. The van der Waals surface area contributed by atoms with E-state index < -0.39 is 0 Å². The number of nitriles is 1. The monoisotopic (exact) mass is 419 g/mol. The van der Waals surface area contributed by atoms with Crippen LogP contribution in [0, 0.1) is 11.3 Å². The molecule has 2 rings (SSSR count). The number of halogens is 1. The summed E-state index contributed by atoms with van der Waals surface area (Å²) < 4.78 is 12.5. The van der Waals surface area contributed by atoms with Crippen molar-refractivity contribution >= 4 is 33.0 Å². The van der Waals surface area contributed by atoms with Crippen LogP contribution in [0.1, 0.15) is 32.3 Å². The van der Waals surface area contributed by atoms with Gasteiger partial charge in [-0.3, -0.25) is 0 Å². The number of ether oxygens (including phenoxy) is 2. The summed E-state index contributed by atoms with van der Waals surface area (Å²) in [5.41, 5.74) is 0.461. The Kier molecular flexibility index (Phi) is 7.37. The predicted molar refractivity (Wildman–Crippen MR) is 104 cm³/mol. The van der Waals surface area contributed by atoms with Gasteiger partial charge in [0.05, 0.1) is 11.7 Å². The fourth-order valence-corrected chi connectivity index (χ4v) is 2.95. The van der Waals surface area contributed by atoms with E-state index >= 15 is 0 Å². The zero-order valence-corrected chi connectivity index (χ0v) is 16.7. The average Bonchev–Trinajstić information content (AvgIpc) is 2.62. The molecule has 7 heteroatoms. The number of aldehydes is 1. The van der Waals surface area contributed by atoms with Crippen LogP contribution >= 0.6 is 15.9 Å². The van der Waals surface area contributed by atoms with Crippen molar-refractivity contribution in [3.8, 4) is 17.7 Å². The summed E-state index contributed by atoms with van der Waals surface area (Å²) in [6, 6.07) is 5.78. The van der Waals surface area contributed by atoms with Gasteiger partial charge in [-0.15, -0.1) is 0 Å². The first-order chi connectivity index (χ1) is 12.5. The molecular formula is C19H22BrN3O3. The van der Waals surface area contributed by atoms with Crippen LogP contribution in [0.4, 0.5) is 0 Å². The normalized spacial score (nSPS) is 12.0. The highest BCUT2D eigenvalue weighted by Crippen LogP contribution is 2.35. The summed E-state index contributed by atoms with van der Waals surface area (Å²) in [5, 5.41) is 14.1. The van der Waals surface area contributed by atoms with E-state index in [1.165, 1.54) is 0 Å². The van der Waals surface area contributed by atoms with E-state index in [0.29, 0.717) is 36.6 Å². The quantitative estimate of drug-likeness (QED) is 0.624. The largest absolute Gasteiger partial charge is 0.490 e. The molecule has 0 amide bonds. The van der Waals surface area contributed by atoms with Gasteiger partial charge >= 0.3 is 0 Å².